The molecule has 1 rings (SSSR count). The molecule has 1 aromatic rings. The van der Waals surface area contributed by atoms with Gasteiger partial charge in [-0.25, -0.2) is 8.42 Å². The summed E-state index contributed by atoms with van der Waals surface area (Å²) in [6.07, 6.45) is 0. The van der Waals surface area contributed by atoms with Gasteiger partial charge in [-0.05, 0) is 18.2 Å². The van der Waals surface area contributed by atoms with E-state index in [-0.39, 0.29) is 10.6 Å². The van der Waals surface area contributed by atoms with Crippen LogP contribution in [0.15, 0.2) is 27.6 Å². The molecule has 0 aliphatic rings. The van der Waals surface area contributed by atoms with Crippen LogP contribution in [-0.2, 0) is 9.05 Å². The third-order valence-corrected chi connectivity index (χ3v) is 3.11. The van der Waals surface area contributed by atoms with Crippen molar-refractivity contribution in [2.75, 3.05) is 7.04 Å². The van der Waals surface area contributed by atoms with Gasteiger partial charge in [0.15, 0.2) is 0 Å². The molecule has 0 N–H and O–H groups in total. The topological polar surface area (TPSA) is 43.4 Å². The van der Waals surface area contributed by atoms with Gasteiger partial charge in [0.25, 0.3) is 9.05 Å². The Balaban J connectivity index is 3.30. The molecule has 3 nitrogen and oxygen atoms in total. The molecular formula is C7H6BrClO3S. The Labute approximate surface area is 93.4 Å². The molecule has 0 fully saturated rings. The molecule has 0 bridgehead atoms. The average Bonchev–Trinajstić information content (AvgIpc) is 2.04. The van der Waals surface area contributed by atoms with Crippen molar-refractivity contribution in [2.45, 2.75) is 4.90 Å². The lowest BCUT2D eigenvalue weighted by atomic mass is 10.3. The number of methoxy groups -OCH3 is 1. The molecule has 13 heavy (non-hydrogen) atoms. The van der Waals surface area contributed by atoms with Crippen molar-refractivity contribution in [1.82, 2.24) is 0 Å². The Morgan fingerprint density at radius 2 is 2.31 bits per heavy atom. The van der Waals surface area contributed by atoms with Crippen LogP contribution in [0, 0.1) is 0 Å². The summed E-state index contributed by atoms with van der Waals surface area (Å²) in [7, 11) is -1.64. The normalized spacial score (nSPS) is 15.7. The van der Waals surface area contributed by atoms with Crippen molar-refractivity contribution in [3.05, 3.63) is 22.7 Å². The maximum absolute atomic E-state index is 11.2. The second-order valence-electron chi connectivity index (χ2n) is 2.13. The first-order chi connectivity index (χ1) is 7.09. The summed E-state index contributed by atoms with van der Waals surface area (Å²) in [4.78, 5) is -0.389. The van der Waals surface area contributed by atoms with E-state index in [4.69, 9.17) is 14.8 Å². The molecule has 6 heteroatoms. The van der Waals surface area contributed by atoms with Crippen molar-refractivity contribution in [3.63, 3.8) is 0 Å². The Kier molecular flexibility index (Phi) is 2.10. The molecule has 0 saturated carbocycles. The fourth-order valence-corrected chi connectivity index (χ4v) is 2.25. The van der Waals surface area contributed by atoms with Gasteiger partial charge in [-0.3, -0.25) is 0 Å². The van der Waals surface area contributed by atoms with E-state index in [0.29, 0.717) is 4.47 Å². The molecule has 1 aromatic carbocycles. The zero-order valence-corrected chi connectivity index (χ0v) is 9.28. The average molecular weight is 289 g/mol. The first-order valence-electron chi connectivity index (χ1n) is 4.53. The number of ether oxygens (including phenoxy) is 1. The van der Waals surface area contributed by atoms with Crippen LogP contribution in [0.25, 0.3) is 0 Å². The second kappa shape index (κ2) is 3.86. The summed E-state index contributed by atoms with van der Waals surface area (Å²) in [5, 5.41) is 0. The molecule has 0 radical (unpaired) electrons. The molecule has 72 valence electrons. The third kappa shape index (κ3) is 2.59. The van der Waals surface area contributed by atoms with Crippen LogP contribution >= 0.6 is 26.6 Å². The Morgan fingerprint density at radius 1 is 1.62 bits per heavy atom. The van der Waals surface area contributed by atoms with Crippen molar-refractivity contribution >= 4 is 35.7 Å². The Bertz CT molecular complexity index is 500. The maximum Gasteiger partial charge on any atom is 0.265 e. The van der Waals surface area contributed by atoms with Gasteiger partial charge in [0.05, 0.1) is 11.2 Å². The van der Waals surface area contributed by atoms with E-state index in [1.807, 2.05) is 0 Å². The van der Waals surface area contributed by atoms with Crippen LogP contribution in [-0.4, -0.2) is 15.5 Å². The monoisotopic (exact) mass is 287 g/mol. The van der Waals surface area contributed by atoms with Gasteiger partial charge in [0.1, 0.15) is 10.6 Å². The highest BCUT2D eigenvalue weighted by Gasteiger charge is 2.16. The molecule has 0 aliphatic heterocycles. The van der Waals surface area contributed by atoms with Gasteiger partial charge in [-0.1, -0.05) is 15.9 Å². The summed E-state index contributed by atoms with van der Waals surface area (Å²) >= 11 is 3.05. The summed E-state index contributed by atoms with van der Waals surface area (Å²) in [5.74, 6) is -0.307. The minimum absolute atomic E-state index is 0.307. The number of halogens is 2. The molecule has 0 spiro atoms. The SMILES string of the molecule is [2H]C([2H])([2H])Oc1ccc(Br)cc1S(=O)(=O)Cl. The highest BCUT2D eigenvalue weighted by atomic mass is 79.9. The van der Waals surface area contributed by atoms with Gasteiger partial charge in [0.2, 0.25) is 0 Å². The molecule has 0 unspecified atom stereocenters. The van der Waals surface area contributed by atoms with Crippen molar-refractivity contribution in [2.24, 2.45) is 0 Å². The van der Waals surface area contributed by atoms with Gasteiger partial charge >= 0.3 is 0 Å². The van der Waals surface area contributed by atoms with E-state index in [0.717, 1.165) is 0 Å². The van der Waals surface area contributed by atoms with Crippen LogP contribution in [0.5, 0.6) is 5.75 Å². The van der Waals surface area contributed by atoms with Crippen LogP contribution in [0.4, 0.5) is 0 Å². The van der Waals surface area contributed by atoms with E-state index in [9.17, 15) is 8.42 Å². The zero-order chi connectivity index (χ0) is 12.6. The highest BCUT2D eigenvalue weighted by Crippen LogP contribution is 2.29. The smallest absolute Gasteiger partial charge is 0.265 e. The lowest BCUT2D eigenvalue weighted by Crippen LogP contribution is -1.95. The predicted octanol–water partition coefficient (Wildman–Crippen LogP) is 2.39. The number of hydrogen-bond acceptors (Lipinski definition) is 3. The maximum atomic E-state index is 11.2. The van der Waals surface area contributed by atoms with Crippen LogP contribution in [0.1, 0.15) is 4.11 Å². The Hall–Kier alpha value is -0.260. The molecule has 0 amide bonds. The summed E-state index contributed by atoms with van der Waals surface area (Å²) in [5.41, 5.74) is 0. The standard InChI is InChI=1S/C7H6BrClO3S/c1-12-6-3-2-5(8)4-7(6)13(9,10)11/h2-4H,1H3/i1D3. The van der Waals surface area contributed by atoms with Crippen molar-refractivity contribution in [1.29, 1.82) is 0 Å². The van der Waals surface area contributed by atoms with E-state index in [1.165, 1.54) is 18.2 Å². The van der Waals surface area contributed by atoms with E-state index >= 15 is 0 Å². The van der Waals surface area contributed by atoms with Crippen LogP contribution in [0.3, 0.4) is 0 Å². The number of benzene rings is 1. The Morgan fingerprint density at radius 3 is 2.85 bits per heavy atom. The number of rotatable bonds is 2. The minimum atomic E-state index is -4.06. The van der Waals surface area contributed by atoms with Gasteiger partial charge in [-0.15, -0.1) is 0 Å². The molecule has 0 heterocycles. The highest BCUT2D eigenvalue weighted by molar-refractivity contribution is 9.10. The molecule has 0 aliphatic carbocycles. The summed E-state index contributed by atoms with van der Waals surface area (Å²) < 4.78 is 48.0. The lowest BCUT2D eigenvalue weighted by molar-refractivity contribution is 0.403. The first kappa shape index (κ1) is 7.09. The largest absolute Gasteiger partial charge is 0.495 e. The van der Waals surface area contributed by atoms with E-state index in [1.54, 1.807) is 0 Å². The lowest BCUT2D eigenvalue weighted by Gasteiger charge is -2.04. The fourth-order valence-electron chi connectivity index (χ4n) is 0.757. The second-order valence-corrected chi connectivity index (χ2v) is 5.58. The van der Waals surface area contributed by atoms with E-state index < -0.39 is 16.1 Å². The van der Waals surface area contributed by atoms with E-state index in [2.05, 4.69) is 20.7 Å². The molecular weight excluding hydrogens is 279 g/mol. The summed E-state index contributed by atoms with van der Waals surface area (Å²) in [6.45, 7) is 0. The minimum Gasteiger partial charge on any atom is -0.495 e. The van der Waals surface area contributed by atoms with Gasteiger partial charge in [0, 0.05) is 15.2 Å². The van der Waals surface area contributed by atoms with Crippen molar-refractivity contribution in [3.8, 4) is 5.75 Å². The molecule has 0 saturated heterocycles. The van der Waals surface area contributed by atoms with Crippen molar-refractivity contribution < 1.29 is 17.3 Å². The fraction of sp³-hybridized carbons (Fsp3) is 0.143. The quantitative estimate of drug-likeness (QED) is 0.785. The molecule has 0 atom stereocenters. The molecule has 0 aromatic heterocycles. The predicted molar refractivity (Wildman–Crippen MR) is 53.7 cm³/mol. The summed E-state index contributed by atoms with van der Waals surface area (Å²) in [6, 6.07) is 3.84. The van der Waals surface area contributed by atoms with Crippen LogP contribution in [0.2, 0.25) is 0 Å². The van der Waals surface area contributed by atoms with Gasteiger partial charge in [-0.2, -0.15) is 0 Å². The van der Waals surface area contributed by atoms with Crippen LogP contribution < -0.4 is 4.74 Å². The zero-order valence-electron chi connectivity index (χ0n) is 9.12. The third-order valence-electron chi connectivity index (χ3n) is 1.28. The van der Waals surface area contributed by atoms with Gasteiger partial charge < -0.3 is 4.74 Å². The number of hydrogen-bond donors (Lipinski definition) is 0. The first-order valence-corrected chi connectivity index (χ1v) is 6.13.